The molecule has 0 amide bonds. The Balaban J connectivity index is 2.22. The Kier molecular flexibility index (Phi) is 3.53. The van der Waals surface area contributed by atoms with Gasteiger partial charge >= 0.3 is 0 Å². The van der Waals surface area contributed by atoms with Crippen LogP contribution < -0.4 is 4.74 Å². The van der Waals surface area contributed by atoms with E-state index in [-0.39, 0.29) is 0 Å². The Morgan fingerprint density at radius 2 is 1.93 bits per heavy atom. The highest BCUT2D eigenvalue weighted by atomic mass is 127. The van der Waals surface area contributed by atoms with Crippen molar-refractivity contribution in [2.75, 3.05) is 0 Å². The molecule has 0 saturated carbocycles. The molecule has 1 heterocycles. The summed E-state index contributed by atoms with van der Waals surface area (Å²) in [6.45, 7) is 0. The fraction of sp³-hybridized carbons (Fsp3) is 0. The number of aromatic nitrogens is 2. The summed E-state index contributed by atoms with van der Waals surface area (Å²) < 4.78 is 7.49. The monoisotopic (exact) mass is 376 g/mol. The number of benzene rings is 1. The van der Waals surface area contributed by atoms with Gasteiger partial charge in [0.25, 0.3) is 0 Å². The Hall–Kier alpha value is -0.690. The molecule has 15 heavy (non-hydrogen) atoms. The number of rotatable bonds is 2. The van der Waals surface area contributed by atoms with E-state index in [9.17, 15) is 0 Å². The fourth-order valence-electron chi connectivity index (χ4n) is 0.991. The molecule has 0 bridgehead atoms. The Labute approximate surface area is 109 Å². The van der Waals surface area contributed by atoms with Gasteiger partial charge in [-0.3, -0.25) is 0 Å². The first-order valence-corrected chi connectivity index (χ1v) is 6.02. The number of ether oxygens (including phenoxy) is 1. The van der Waals surface area contributed by atoms with Crippen LogP contribution in [-0.2, 0) is 0 Å². The van der Waals surface area contributed by atoms with Gasteiger partial charge in [-0.1, -0.05) is 15.9 Å². The van der Waals surface area contributed by atoms with Crippen LogP contribution >= 0.6 is 38.5 Å². The van der Waals surface area contributed by atoms with Crippen LogP contribution in [-0.4, -0.2) is 9.97 Å². The third-order valence-corrected chi connectivity index (χ3v) is 2.93. The van der Waals surface area contributed by atoms with Crippen molar-refractivity contribution >= 4 is 38.5 Å². The molecule has 0 spiro atoms. The van der Waals surface area contributed by atoms with Crippen molar-refractivity contribution in [1.82, 2.24) is 9.97 Å². The number of nitrogens with zero attached hydrogens (tertiary/aromatic N) is 2. The van der Waals surface area contributed by atoms with Crippen LogP contribution in [0.1, 0.15) is 0 Å². The first-order chi connectivity index (χ1) is 7.25. The molecular formula is C10H6BrIN2O. The minimum absolute atomic E-state index is 0.577. The predicted octanol–water partition coefficient (Wildman–Crippen LogP) is 3.64. The molecule has 0 saturated heterocycles. The zero-order chi connectivity index (χ0) is 10.7. The first-order valence-electron chi connectivity index (χ1n) is 4.14. The van der Waals surface area contributed by atoms with Gasteiger partial charge in [0.05, 0.1) is 3.57 Å². The molecule has 0 aliphatic carbocycles. The van der Waals surface area contributed by atoms with E-state index in [2.05, 4.69) is 48.5 Å². The van der Waals surface area contributed by atoms with E-state index in [1.807, 2.05) is 24.3 Å². The molecule has 3 nitrogen and oxygen atoms in total. The SMILES string of the molecule is Brc1ccc(Oc2ncncc2I)cc1. The molecule has 0 unspecified atom stereocenters. The van der Waals surface area contributed by atoms with Crippen molar-refractivity contribution in [2.24, 2.45) is 0 Å². The summed E-state index contributed by atoms with van der Waals surface area (Å²) in [5.41, 5.74) is 0. The van der Waals surface area contributed by atoms with Crippen molar-refractivity contribution in [3.8, 4) is 11.6 Å². The van der Waals surface area contributed by atoms with Gasteiger partial charge in [-0.25, -0.2) is 9.97 Å². The van der Waals surface area contributed by atoms with Crippen LogP contribution in [0.3, 0.4) is 0 Å². The van der Waals surface area contributed by atoms with Crippen LogP contribution in [0.25, 0.3) is 0 Å². The molecule has 76 valence electrons. The van der Waals surface area contributed by atoms with Gasteiger partial charge in [0.15, 0.2) is 0 Å². The van der Waals surface area contributed by atoms with E-state index < -0.39 is 0 Å². The molecule has 1 aromatic heterocycles. The molecule has 0 atom stereocenters. The second kappa shape index (κ2) is 4.89. The third kappa shape index (κ3) is 2.88. The third-order valence-electron chi connectivity index (χ3n) is 1.66. The molecule has 2 aromatic rings. The van der Waals surface area contributed by atoms with E-state index in [1.54, 1.807) is 6.20 Å². The largest absolute Gasteiger partial charge is 0.438 e. The van der Waals surface area contributed by atoms with Crippen molar-refractivity contribution in [3.63, 3.8) is 0 Å². The number of hydrogen-bond acceptors (Lipinski definition) is 3. The molecular weight excluding hydrogens is 371 g/mol. The molecule has 0 N–H and O–H groups in total. The molecule has 1 aromatic carbocycles. The highest BCUT2D eigenvalue weighted by molar-refractivity contribution is 14.1. The maximum absolute atomic E-state index is 5.58. The van der Waals surface area contributed by atoms with E-state index in [0.717, 1.165) is 13.8 Å². The van der Waals surface area contributed by atoms with E-state index in [4.69, 9.17) is 4.74 Å². The van der Waals surface area contributed by atoms with Gasteiger partial charge in [0.2, 0.25) is 5.88 Å². The minimum Gasteiger partial charge on any atom is -0.438 e. The van der Waals surface area contributed by atoms with Gasteiger partial charge < -0.3 is 4.74 Å². The quantitative estimate of drug-likeness (QED) is 0.750. The van der Waals surface area contributed by atoms with Gasteiger partial charge in [-0.15, -0.1) is 0 Å². The Morgan fingerprint density at radius 3 is 2.60 bits per heavy atom. The molecule has 2 rings (SSSR count). The second-order valence-electron chi connectivity index (χ2n) is 2.73. The highest BCUT2D eigenvalue weighted by Gasteiger charge is 2.03. The smallest absolute Gasteiger partial charge is 0.235 e. The number of halogens is 2. The lowest BCUT2D eigenvalue weighted by molar-refractivity contribution is 0.457. The van der Waals surface area contributed by atoms with Crippen LogP contribution in [0.2, 0.25) is 0 Å². The van der Waals surface area contributed by atoms with Crippen molar-refractivity contribution in [1.29, 1.82) is 0 Å². The molecule has 0 aliphatic rings. The summed E-state index contributed by atoms with van der Waals surface area (Å²) in [6.07, 6.45) is 3.18. The molecule has 0 radical (unpaired) electrons. The van der Waals surface area contributed by atoms with Gasteiger partial charge in [-0.05, 0) is 46.9 Å². The average molecular weight is 377 g/mol. The summed E-state index contributed by atoms with van der Waals surface area (Å²) in [5.74, 6) is 1.34. The number of hydrogen-bond donors (Lipinski definition) is 0. The normalized spacial score (nSPS) is 10.0. The summed E-state index contributed by atoms with van der Waals surface area (Å²) >= 11 is 5.50. The maximum Gasteiger partial charge on any atom is 0.235 e. The standard InChI is InChI=1S/C10H6BrIN2O/c11-7-1-3-8(4-2-7)15-10-9(12)5-13-6-14-10/h1-6H. The maximum atomic E-state index is 5.58. The summed E-state index contributed by atoms with van der Waals surface area (Å²) in [5, 5.41) is 0. The van der Waals surface area contributed by atoms with Crippen molar-refractivity contribution < 1.29 is 4.74 Å². The zero-order valence-corrected chi connectivity index (χ0v) is 11.3. The summed E-state index contributed by atoms with van der Waals surface area (Å²) in [4.78, 5) is 7.94. The Bertz CT molecular complexity index is 461. The molecule has 0 fully saturated rings. The summed E-state index contributed by atoms with van der Waals surface area (Å²) in [7, 11) is 0. The van der Waals surface area contributed by atoms with Crippen molar-refractivity contribution in [3.05, 3.63) is 44.8 Å². The first kappa shape index (κ1) is 10.8. The van der Waals surface area contributed by atoms with E-state index in [0.29, 0.717) is 5.88 Å². The lowest BCUT2D eigenvalue weighted by Crippen LogP contribution is -1.91. The van der Waals surface area contributed by atoms with Crippen LogP contribution in [0.15, 0.2) is 41.3 Å². The fourth-order valence-corrected chi connectivity index (χ4v) is 1.67. The molecule has 5 heteroatoms. The highest BCUT2D eigenvalue weighted by Crippen LogP contribution is 2.24. The minimum atomic E-state index is 0.577. The average Bonchev–Trinajstić information content (AvgIpc) is 2.25. The van der Waals surface area contributed by atoms with Crippen LogP contribution in [0, 0.1) is 3.57 Å². The second-order valence-corrected chi connectivity index (χ2v) is 4.81. The topological polar surface area (TPSA) is 35.0 Å². The van der Waals surface area contributed by atoms with Gasteiger partial charge in [0, 0.05) is 10.7 Å². The lowest BCUT2D eigenvalue weighted by atomic mass is 10.3. The zero-order valence-electron chi connectivity index (χ0n) is 7.52. The van der Waals surface area contributed by atoms with Gasteiger partial charge in [0.1, 0.15) is 12.1 Å². The van der Waals surface area contributed by atoms with E-state index in [1.165, 1.54) is 6.33 Å². The Morgan fingerprint density at radius 1 is 1.20 bits per heavy atom. The molecule has 0 aliphatic heterocycles. The van der Waals surface area contributed by atoms with Crippen molar-refractivity contribution in [2.45, 2.75) is 0 Å². The predicted molar refractivity (Wildman–Crippen MR) is 69.0 cm³/mol. The van der Waals surface area contributed by atoms with Gasteiger partial charge in [-0.2, -0.15) is 0 Å². The summed E-state index contributed by atoms with van der Waals surface area (Å²) in [6, 6.07) is 7.59. The lowest BCUT2D eigenvalue weighted by Gasteiger charge is -2.05. The van der Waals surface area contributed by atoms with Crippen LogP contribution in [0.5, 0.6) is 11.6 Å². The van der Waals surface area contributed by atoms with Crippen LogP contribution in [0.4, 0.5) is 0 Å². The van der Waals surface area contributed by atoms with E-state index >= 15 is 0 Å².